The summed E-state index contributed by atoms with van der Waals surface area (Å²) in [6.07, 6.45) is 0. The van der Waals surface area contributed by atoms with Gasteiger partial charge in [-0.25, -0.2) is 0 Å². The highest BCUT2D eigenvalue weighted by Crippen LogP contribution is 2.42. The molecule has 34 heavy (non-hydrogen) atoms. The maximum atomic E-state index is 12.5. The number of rotatable bonds is 6. The Kier molecular flexibility index (Phi) is 8.85. The Hall–Kier alpha value is -1.86. The van der Waals surface area contributed by atoms with Crippen molar-refractivity contribution >= 4 is 69.6 Å². The van der Waals surface area contributed by atoms with Crippen LogP contribution in [0.4, 0.5) is 11.4 Å². The second-order valence-electron chi connectivity index (χ2n) is 8.49. The van der Waals surface area contributed by atoms with Crippen LogP contribution >= 0.6 is 46.4 Å². The monoisotopic (exact) mass is 545 g/mol. The maximum Gasteiger partial charge on any atom is 0.262 e. The van der Waals surface area contributed by atoms with Crippen LogP contribution in [0.25, 0.3) is 0 Å². The first-order chi connectivity index (χ1) is 16.0. The molecule has 1 N–H and O–H groups in total. The lowest BCUT2D eigenvalue weighted by Crippen LogP contribution is -2.50. The molecule has 0 spiro atoms. The zero-order chi connectivity index (χ0) is 25.2. The van der Waals surface area contributed by atoms with Gasteiger partial charge in [-0.1, -0.05) is 60.3 Å². The predicted octanol–water partition coefficient (Wildman–Crippen LogP) is 6.24. The van der Waals surface area contributed by atoms with Gasteiger partial charge in [0.25, 0.3) is 5.91 Å². The van der Waals surface area contributed by atoms with E-state index in [0.717, 1.165) is 5.69 Å². The van der Waals surface area contributed by atoms with Crippen LogP contribution in [0.3, 0.4) is 0 Å². The fourth-order valence-corrected chi connectivity index (χ4v) is 4.87. The second kappa shape index (κ2) is 11.3. The van der Waals surface area contributed by atoms with Crippen LogP contribution in [0.1, 0.15) is 25.0 Å². The third-order valence-electron chi connectivity index (χ3n) is 5.72. The van der Waals surface area contributed by atoms with Crippen LogP contribution < -0.4 is 15.0 Å². The van der Waals surface area contributed by atoms with Crippen molar-refractivity contribution in [3.05, 3.63) is 49.4 Å². The summed E-state index contributed by atoms with van der Waals surface area (Å²) in [5.41, 5.74) is 2.67. The number of carbonyl (C=O) groups excluding carboxylic acids is 2. The lowest BCUT2D eigenvalue weighted by Gasteiger charge is -2.37. The minimum Gasteiger partial charge on any atom is -0.481 e. The van der Waals surface area contributed by atoms with E-state index in [1.54, 1.807) is 26.0 Å². The molecular weight excluding hydrogens is 520 g/mol. The fourth-order valence-electron chi connectivity index (χ4n) is 3.75. The van der Waals surface area contributed by atoms with Gasteiger partial charge in [-0.3, -0.25) is 9.59 Å². The van der Waals surface area contributed by atoms with Gasteiger partial charge in [0, 0.05) is 42.8 Å². The standard InChI is InChI=1S/C24H27Cl4N3O3/c1-13(2)24(33)31-9-7-30(8-10-31)18-6-5-16(11-17(18)25)29-19(32)12-34-23-21(27)14(3)20(26)15(4)22(23)28/h5-6,11,13H,7-10,12H2,1-4H3,(H,29,32). The van der Waals surface area contributed by atoms with E-state index in [-0.39, 0.29) is 40.1 Å². The van der Waals surface area contributed by atoms with E-state index in [2.05, 4.69) is 10.2 Å². The van der Waals surface area contributed by atoms with E-state index >= 15 is 0 Å². The molecule has 0 bridgehead atoms. The molecule has 1 saturated heterocycles. The Morgan fingerprint density at radius 3 is 2.09 bits per heavy atom. The summed E-state index contributed by atoms with van der Waals surface area (Å²) in [6, 6.07) is 5.33. The molecule has 0 unspecified atom stereocenters. The first-order valence-corrected chi connectivity index (χ1v) is 12.4. The molecule has 1 heterocycles. The number of carbonyl (C=O) groups is 2. The van der Waals surface area contributed by atoms with Crippen molar-refractivity contribution in [2.24, 2.45) is 5.92 Å². The number of nitrogens with zero attached hydrogens (tertiary/aromatic N) is 2. The minimum absolute atomic E-state index is 0.0122. The van der Waals surface area contributed by atoms with Crippen LogP contribution in [0.2, 0.25) is 20.1 Å². The number of hydrogen-bond acceptors (Lipinski definition) is 4. The largest absolute Gasteiger partial charge is 0.481 e. The van der Waals surface area contributed by atoms with Gasteiger partial charge in [0.1, 0.15) is 0 Å². The van der Waals surface area contributed by atoms with Crippen molar-refractivity contribution in [3.63, 3.8) is 0 Å². The van der Waals surface area contributed by atoms with Crippen molar-refractivity contribution in [1.29, 1.82) is 0 Å². The molecule has 3 rings (SSSR count). The van der Waals surface area contributed by atoms with Gasteiger partial charge in [0.2, 0.25) is 5.91 Å². The van der Waals surface area contributed by atoms with Crippen LogP contribution in [-0.2, 0) is 9.59 Å². The van der Waals surface area contributed by atoms with E-state index in [4.69, 9.17) is 51.1 Å². The van der Waals surface area contributed by atoms with Gasteiger partial charge >= 0.3 is 0 Å². The average molecular weight is 547 g/mol. The summed E-state index contributed by atoms with van der Waals surface area (Å²) in [7, 11) is 0. The number of ether oxygens (including phenoxy) is 1. The molecule has 0 atom stereocenters. The number of anilines is 2. The third kappa shape index (κ3) is 5.85. The molecule has 10 heteroatoms. The SMILES string of the molecule is Cc1c(Cl)c(C)c(Cl)c(OCC(=O)Nc2ccc(N3CCN(C(=O)C(C)C)CC3)c(Cl)c2)c1Cl. The van der Waals surface area contributed by atoms with Gasteiger partial charge in [-0.2, -0.15) is 0 Å². The highest BCUT2D eigenvalue weighted by atomic mass is 35.5. The fraction of sp³-hybridized carbons (Fsp3) is 0.417. The minimum atomic E-state index is -0.387. The van der Waals surface area contributed by atoms with Crippen molar-refractivity contribution in [2.75, 3.05) is 43.0 Å². The van der Waals surface area contributed by atoms with Crippen molar-refractivity contribution in [1.82, 2.24) is 4.90 Å². The molecule has 0 aliphatic carbocycles. The molecule has 184 valence electrons. The third-order valence-corrected chi connectivity index (χ3v) is 7.50. The van der Waals surface area contributed by atoms with Crippen LogP contribution in [0.5, 0.6) is 5.75 Å². The summed E-state index contributed by atoms with van der Waals surface area (Å²) >= 11 is 25.3. The quantitative estimate of drug-likeness (QED) is 0.466. The van der Waals surface area contributed by atoms with E-state index in [0.29, 0.717) is 53.0 Å². The molecule has 2 aromatic carbocycles. The van der Waals surface area contributed by atoms with Gasteiger partial charge in [-0.15, -0.1) is 0 Å². The summed E-state index contributed by atoms with van der Waals surface area (Å²) in [5, 5.41) is 4.29. The molecular formula is C24H27Cl4N3O3. The Balaban J connectivity index is 1.60. The lowest BCUT2D eigenvalue weighted by molar-refractivity contribution is -0.134. The smallest absolute Gasteiger partial charge is 0.262 e. The zero-order valence-electron chi connectivity index (χ0n) is 19.5. The van der Waals surface area contributed by atoms with E-state index in [9.17, 15) is 9.59 Å². The van der Waals surface area contributed by atoms with Crippen LogP contribution in [0.15, 0.2) is 18.2 Å². The number of benzene rings is 2. The summed E-state index contributed by atoms with van der Waals surface area (Å²) in [4.78, 5) is 28.7. The van der Waals surface area contributed by atoms with E-state index in [1.807, 2.05) is 24.8 Å². The van der Waals surface area contributed by atoms with Crippen molar-refractivity contribution in [2.45, 2.75) is 27.7 Å². The topological polar surface area (TPSA) is 61.9 Å². The van der Waals surface area contributed by atoms with Crippen molar-refractivity contribution < 1.29 is 14.3 Å². The Labute approximate surface area is 220 Å². The normalized spacial score (nSPS) is 13.9. The number of hydrogen-bond donors (Lipinski definition) is 1. The molecule has 2 amide bonds. The zero-order valence-corrected chi connectivity index (χ0v) is 22.5. The number of piperazine rings is 1. The summed E-state index contributed by atoms with van der Waals surface area (Å²) < 4.78 is 5.61. The first kappa shape index (κ1) is 26.7. The Bertz CT molecular complexity index is 1070. The van der Waals surface area contributed by atoms with E-state index < -0.39 is 0 Å². The van der Waals surface area contributed by atoms with Crippen LogP contribution in [-0.4, -0.2) is 49.5 Å². The molecule has 1 fully saturated rings. The van der Waals surface area contributed by atoms with Gasteiger partial charge < -0.3 is 19.9 Å². The van der Waals surface area contributed by atoms with Gasteiger partial charge in [-0.05, 0) is 43.2 Å². The molecule has 0 radical (unpaired) electrons. The number of nitrogens with one attached hydrogen (secondary N) is 1. The van der Waals surface area contributed by atoms with E-state index in [1.165, 1.54) is 0 Å². The maximum absolute atomic E-state index is 12.5. The number of halogens is 4. The highest BCUT2D eigenvalue weighted by molar-refractivity contribution is 6.42. The molecule has 1 aliphatic rings. The van der Waals surface area contributed by atoms with Gasteiger partial charge in [0.05, 0.1) is 20.8 Å². The highest BCUT2D eigenvalue weighted by Gasteiger charge is 2.24. The molecule has 2 aromatic rings. The Morgan fingerprint density at radius 1 is 0.971 bits per heavy atom. The molecule has 0 aromatic heterocycles. The molecule has 1 aliphatic heterocycles. The first-order valence-electron chi connectivity index (χ1n) is 10.9. The lowest BCUT2D eigenvalue weighted by atomic mass is 10.1. The second-order valence-corrected chi connectivity index (χ2v) is 10.0. The van der Waals surface area contributed by atoms with Crippen LogP contribution in [0, 0.1) is 19.8 Å². The van der Waals surface area contributed by atoms with Crippen molar-refractivity contribution in [3.8, 4) is 5.75 Å². The summed E-state index contributed by atoms with van der Waals surface area (Å²) in [5.74, 6) is -0.0114. The van der Waals surface area contributed by atoms with Gasteiger partial charge in [0.15, 0.2) is 12.4 Å². The number of amides is 2. The average Bonchev–Trinajstić information content (AvgIpc) is 2.81. The Morgan fingerprint density at radius 2 is 1.56 bits per heavy atom. The molecule has 0 saturated carbocycles. The predicted molar refractivity (Wildman–Crippen MR) is 140 cm³/mol. The summed E-state index contributed by atoms with van der Waals surface area (Å²) in [6.45, 7) is 9.73. The molecule has 6 nitrogen and oxygen atoms in total.